The highest BCUT2D eigenvalue weighted by molar-refractivity contribution is 4.86. The Labute approximate surface area is 101 Å². The zero-order valence-electron chi connectivity index (χ0n) is 10.6. The van der Waals surface area contributed by atoms with Crippen LogP contribution < -0.4 is 5.69 Å². The van der Waals surface area contributed by atoms with Crippen molar-refractivity contribution in [1.29, 1.82) is 0 Å². The Morgan fingerprint density at radius 2 is 2.35 bits per heavy atom. The van der Waals surface area contributed by atoms with Gasteiger partial charge in [-0.25, -0.2) is 9.48 Å². The summed E-state index contributed by atoms with van der Waals surface area (Å²) in [7, 11) is 3.41. The quantitative estimate of drug-likeness (QED) is 0.805. The number of aromatic amines is 1. The number of hydrogen-bond donors (Lipinski definition) is 1. The van der Waals surface area contributed by atoms with Gasteiger partial charge in [-0.3, -0.25) is 9.88 Å². The van der Waals surface area contributed by atoms with Crippen LogP contribution in [0.15, 0.2) is 4.79 Å². The lowest BCUT2D eigenvalue weighted by molar-refractivity contribution is -0.00816. The maximum absolute atomic E-state index is 11.3. The first-order valence-electron chi connectivity index (χ1n) is 5.97. The van der Waals surface area contributed by atoms with Crippen LogP contribution in [0.25, 0.3) is 0 Å². The molecule has 1 aromatic rings. The number of methoxy groups -OCH3 is 1. The molecule has 0 bridgehead atoms. The number of aromatic nitrogens is 3. The summed E-state index contributed by atoms with van der Waals surface area (Å²) in [6.45, 7) is 4.83. The minimum atomic E-state index is -0.159. The van der Waals surface area contributed by atoms with Crippen molar-refractivity contribution in [3.8, 4) is 0 Å². The molecule has 1 saturated heterocycles. The first-order chi connectivity index (χ1) is 8.10. The zero-order chi connectivity index (χ0) is 12.4. The highest BCUT2D eigenvalue weighted by Crippen LogP contribution is 2.20. The Morgan fingerprint density at radius 1 is 1.59 bits per heavy atom. The Morgan fingerprint density at radius 3 is 2.94 bits per heavy atom. The third-order valence-corrected chi connectivity index (χ3v) is 3.47. The number of piperidine rings is 1. The molecule has 2 atom stereocenters. The van der Waals surface area contributed by atoms with Gasteiger partial charge in [-0.05, 0) is 18.9 Å². The molecule has 6 heteroatoms. The zero-order valence-corrected chi connectivity index (χ0v) is 10.6. The molecule has 0 aromatic carbocycles. The first-order valence-corrected chi connectivity index (χ1v) is 5.97. The summed E-state index contributed by atoms with van der Waals surface area (Å²) in [5.41, 5.74) is -0.159. The summed E-state index contributed by atoms with van der Waals surface area (Å²) < 4.78 is 6.79. The highest BCUT2D eigenvalue weighted by atomic mass is 16.5. The molecule has 0 aliphatic carbocycles. The van der Waals surface area contributed by atoms with Crippen LogP contribution in [0.4, 0.5) is 0 Å². The van der Waals surface area contributed by atoms with Gasteiger partial charge in [-0.1, -0.05) is 6.92 Å². The van der Waals surface area contributed by atoms with Crippen LogP contribution in [0.1, 0.15) is 19.2 Å². The number of rotatable bonds is 3. The van der Waals surface area contributed by atoms with Crippen LogP contribution in [0.3, 0.4) is 0 Å². The molecule has 0 radical (unpaired) electrons. The van der Waals surface area contributed by atoms with Crippen LogP contribution >= 0.6 is 0 Å². The summed E-state index contributed by atoms with van der Waals surface area (Å²) in [4.78, 5) is 16.3. The average molecular weight is 240 g/mol. The largest absolute Gasteiger partial charge is 0.380 e. The van der Waals surface area contributed by atoms with Crippen LogP contribution in [-0.2, 0) is 18.3 Å². The van der Waals surface area contributed by atoms with Gasteiger partial charge in [-0.2, -0.15) is 5.10 Å². The molecule has 1 fully saturated rings. The molecule has 2 heterocycles. The lowest BCUT2D eigenvalue weighted by Gasteiger charge is -2.35. The van der Waals surface area contributed by atoms with E-state index >= 15 is 0 Å². The topological polar surface area (TPSA) is 63.1 Å². The Balaban J connectivity index is 1.98. The van der Waals surface area contributed by atoms with Gasteiger partial charge in [0.05, 0.1) is 12.6 Å². The molecule has 1 aromatic heterocycles. The molecule has 6 nitrogen and oxygen atoms in total. The Hall–Kier alpha value is -1.14. The van der Waals surface area contributed by atoms with Crippen molar-refractivity contribution in [2.75, 3.05) is 20.2 Å². The van der Waals surface area contributed by atoms with Crippen molar-refractivity contribution in [2.24, 2.45) is 13.0 Å². The van der Waals surface area contributed by atoms with E-state index in [0.717, 1.165) is 25.3 Å². The van der Waals surface area contributed by atoms with Gasteiger partial charge >= 0.3 is 5.69 Å². The predicted molar refractivity (Wildman–Crippen MR) is 63.7 cm³/mol. The smallest absolute Gasteiger partial charge is 0.343 e. The first kappa shape index (κ1) is 12.3. The monoisotopic (exact) mass is 240 g/mol. The summed E-state index contributed by atoms with van der Waals surface area (Å²) in [6, 6.07) is 0. The summed E-state index contributed by atoms with van der Waals surface area (Å²) >= 11 is 0. The molecule has 0 spiro atoms. The minimum Gasteiger partial charge on any atom is -0.380 e. The second kappa shape index (κ2) is 5.01. The summed E-state index contributed by atoms with van der Waals surface area (Å²) in [5, 5.41) is 4.14. The molecule has 17 heavy (non-hydrogen) atoms. The minimum absolute atomic E-state index is 0.159. The summed E-state index contributed by atoms with van der Waals surface area (Å²) in [5.74, 6) is 1.32. The van der Waals surface area contributed by atoms with E-state index in [2.05, 4.69) is 21.9 Å². The van der Waals surface area contributed by atoms with Crippen molar-refractivity contribution in [1.82, 2.24) is 19.7 Å². The highest BCUT2D eigenvalue weighted by Gasteiger charge is 2.26. The van der Waals surface area contributed by atoms with Crippen molar-refractivity contribution >= 4 is 0 Å². The van der Waals surface area contributed by atoms with E-state index in [1.54, 1.807) is 14.2 Å². The summed E-state index contributed by atoms with van der Waals surface area (Å²) in [6.07, 6.45) is 1.40. The number of H-pyrrole nitrogens is 1. The van der Waals surface area contributed by atoms with E-state index in [9.17, 15) is 4.79 Å². The van der Waals surface area contributed by atoms with Crippen LogP contribution in [0.2, 0.25) is 0 Å². The fourth-order valence-electron chi connectivity index (χ4n) is 2.29. The lowest BCUT2D eigenvalue weighted by Crippen LogP contribution is -2.43. The average Bonchev–Trinajstić information content (AvgIpc) is 2.61. The van der Waals surface area contributed by atoms with E-state index in [1.165, 1.54) is 4.68 Å². The van der Waals surface area contributed by atoms with Gasteiger partial charge in [0.2, 0.25) is 0 Å². The van der Waals surface area contributed by atoms with Gasteiger partial charge in [0.15, 0.2) is 0 Å². The number of nitrogens with one attached hydrogen (secondary N) is 1. The van der Waals surface area contributed by atoms with Crippen molar-refractivity contribution in [3.05, 3.63) is 16.3 Å². The molecule has 0 amide bonds. The van der Waals surface area contributed by atoms with Crippen LogP contribution in [0.5, 0.6) is 0 Å². The second-order valence-corrected chi connectivity index (χ2v) is 4.78. The second-order valence-electron chi connectivity index (χ2n) is 4.78. The van der Waals surface area contributed by atoms with E-state index in [4.69, 9.17) is 4.74 Å². The number of nitrogens with zero attached hydrogens (tertiary/aromatic N) is 3. The molecular formula is C11H20N4O2. The molecule has 1 aliphatic rings. The fourth-order valence-corrected chi connectivity index (χ4v) is 2.29. The molecule has 2 rings (SSSR count). The number of likely N-dealkylation sites (tertiary alicyclic amines) is 1. The third kappa shape index (κ3) is 2.76. The van der Waals surface area contributed by atoms with E-state index in [1.807, 2.05) is 0 Å². The Kier molecular flexibility index (Phi) is 3.63. The van der Waals surface area contributed by atoms with E-state index in [-0.39, 0.29) is 11.8 Å². The van der Waals surface area contributed by atoms with Crippen molar-refractivity contribution in [2.45, 2.75) is 26.0 Å². The molecule has 96 valence electrons. The number of aryl methyl sites for hydroxylation is 1. The number of ether oxygens (including phenoxy) is 1. The Bertz CT molecular complexity index is 425. The third-order valence-electron chi connectivity index (χ3n) is 3.47. The van der Waals surface area contributed by atoms with Gasteiger partial charge in [0, 0.05) is 20.7 Å². The van der Waals surface area contributed by atoms with E-state index < -0.39 is 0 Å². The molecule has 1 N–H and O–H groups in total. The molecule has 1 aliphatic heterocycles. The molecular weight excluding hydrogens is 220 g/mol. The van der Waals surface area contributed by atoms with Crippen LogP contribution in [-0.4, -0.2) is 46.0 Å². The van der Waals surface area contributed by atoms with Gasteiger partial charge in [0.25, 0.3) is 0 Å². The predicted octanol–water partition coefficient (Wildman–Crippen LogP) is -0.0348. The maximum Gasteiger partial charge on any atom is 0.343 e. The van der Waals surface area contributed by atoms with Gasteiger partial charge in [-0.15, -0.1) is 0 Å². The normalized spacial score (nSPS) is 26.3. The van der Waals surface area contributed by atoms with Crippen molar-refractivity contribution < 1.29 is 4.74 Å². The van der Waals surface area contributed by atoms with Gasteiger partial charge < -0.3 is 4.74 Å². The SMILES string of the molecule is COC1CN(Cc2nn(C)c(=O)[nH]2)CCC1C. The number of hydrogen-bond acceptors (Lipinski definition) is 4. The maximum atomic E-state index is 11.3. The lowest BCUT2D eigenvalue weighted by atomic mass is 9.96. The van der Waals surface area contributed by atoms with Gasteiger partial charge in [0.1, 0.15) is 5.82 Å². The van der Waals surface area contributed by atoms with Crippen molar-refractivity contribution in [3.63, 3.8) is 0 Å². The molecule has 2 unspecified atom stereocenters. The molecule has 0 saturated carbocycles. The van der Waals surface area contributed by atoms with E-state index in [0.29, 0.717) is 12.5 Å². The van der Waals surface area contributed by atoms with Crippen LogP contribution in [0, 0.1) is 5.92 Å². The fraction of sp³-hybridized carbons (Fsp3) is 0.818. The standard InChI is InChI=1S/C11H20N4O2/c1-8-4-5-15(6-9(8)17-3)7-10-12-11(16)14(2)13-10/h8-9H,4-7H2,1-3H3,(H,12,13,16).